The van der Waals surface area contributed by atoms with Crippen LogP contribution in [0.25, 0.3) is 0 Å². The molecule has 1 atom stereocenters. The molecule has 3 rings (SSSR count). The number of halogens is 4. The standard InChI is InChI=1S/C17H10ClF3N2O4/c1-2-27-17(26)12-13(24)8-6-10(21)14(18)22-15(8)23(16(12)25)11-4-3-7(19)5-9(11)20/h3-6,12H,2H2,1H3. The van der Waals surface area contributed by atoms with Crippen molar-refractivity contribution in [2.24, 2.45) is 5.92 Å². The molecule has 1 aromatic carbocycles. The zero-order valence-corrected chi connectivity index (χ0v) is 14.4. The Morgan fingerprint density at radius 2 is 1.93 bits per heavy atom. The Labute approximate surface area is 155 Å². The van der Waals surface area contributed by atoms with E-state index in [9.17, 15) is 27.6 Å². The molecule has 0 radical (unpaired) electrons. The number of hydrogen-bond acceptors (Lipinski definition) is 5. The lowest BCUT2D eigenvalue weighted by Crippen LogP contribution is -2.47. The van der Waals surface area contributed by atoms with Gasteiger partial charge in [0, 0.05) is 6.07 Å². The third-order valence-electron chi connectivity index (χ3n) is 3.79. The predicted octanol–water partition coefficient (Wildman–Crippen LogP) is 3.19. The number of hydrogen-bond donors (Lipinski definition) is 0. The van der Waals surface area contributed by atoms with Gasteiger partial charge in [0.1, 0.15) is 11.6 Å². The molecule has 0 N–H and O–H groups in total. The van der Waals surface area contributed by atoms with Crippen LogP contribution >= 0.6 is 11.6 Å². The maximum atomic E-state index is 14.3. The van der Waals surface area contributed by atoms with Crippen molar-refractivity contribution in [2.75, 3.05) is 11.5 Å². The van der Waals surface area contributed by atoms with Crippen LogP contribution in [0.3, 0.4) is 0 Å². The Morgan fingerprint density at radius 1 is 1.22 bits per heavy atom. The van der Waals surface area contributed by atoms with Gasteiger partial charge >= 0.3 is 5.97 Å². The summed E-state index contributed by atoms with van der Waals surface area (Å²) < 4.78 is 46.1. The minimum atomic E-state index is -1.98. The average Bonchev–Trinajstić information content (AvgIpc) is 2.59. The van der Waals surface area contributed by atoms with Gasteiger partial charge in [0.05, 0.1) is 17.9 Å². The Morgan fingerprint density at radius 3 is 2.56 bits per heavy atom. The van der Waals surface area contributed by atoms with E-state index in [2.05, 4.69) is 4.98 Å². The molecule has 0 spiro atoms. The van der Waals surface area contributed by atoms with Crippen molar-refractivity contribution in [3.8, 4) is 0 Å². The highest BCUT2D eigenvalue weighted by Gasteiger charge is 2.47. The highest BCUT2D eigenvalue weighted by Crippen LogP contribution is 2.38. The average molecular weight is 399 g/mol. The van der Waals surface area contributed by atoms with Crippen LogP contribution in [0.15, 0.2) is 24.3 Å². The Hall–Kier alpha value is -2.94. The molecule has 1 aliphatic heterocycles. The summed E-state index contributed by atoms with van der Waals surface area (Å²) in [7, 11) is 0. The summed E-state index contributed by atoms with van der Waals surface area (Å²) in [5, 5.41) is -0.670. The third kappa shape index (κ3) is 3.14. The number of esters is 1. The maximum absolute atomic E-state index is 14.3. The molecular formula is C17H10ClF3N2O4. The highest BCUT2D eigenvalue weighted by atomic mass is 35.5. The largest absolute Gasteiger partial charge is 0.465 e. The predicted molar refractivity (Wildman–Crippen MR) is 87.2 cm³/mol. The summed E-state index contributed by atoms with van der Waals surface area (Å²) >= 11 is 5.63. The molecule has 140 valence electrons. The van der Waals surface area contributed by atoms with Crippen molar-refractivity contribution < 1.29 is 32.3 Å². The zero-order chi connectivity index (χ0) is 19.9. The minimum absolute atomic E-state index is 0.124. The lowest BCUT2D eigenvalue weighted by atomic mass is 9.91. The van der Waals surface area contributed by atoms with Gasteiger partial charge in [-0.1, -0.05) is 11.6 Å². The number of nitrogens with zero attached hydrogens (tertiary/aromatic N) is 2. The monoisotopic (exact) mass is 398 g/mol. The van der Waals surface area contributed by atoms with Gasteiger partial charge in [-0.15, -0.1) is 0 Å². The van der Waals surface area contributed by atoms with Crippen LogP contribution in [-0.2, 0) is 14.3 Å². The second-order valence-corrected chi connectivity index (χ2v) is 5.81. The maximum Gasteiger partial charge on any atom is 0.326 e. The molecule has 1 amide bonds. The Kier molecular flexibility index (Phi) is 4.88. The van der Waals surface area contributed by atoms with Gasteiger partial charge in [0.25, 0.3) is 5.91 Å². The number of rotatable bonds is 3. The smallest absolute Gasteiger partial charge is 0.326 e. The van der Waals surface area contributed by atoms with Crippen molar-refractivity contribution in [1.82, 2.24) is 4.98 Å². The first-order valence-electron chi connectivity index (χ1n) is 7.62. The van der Waals surface area contributed by atoms with Gasteiger partial charge in [-0.05, 0) is 25.1 Å². The third-order valence-corrected chi connectivity index (χ3v) is 4.06. The van der Waals surface area contributed by atoms with Gasteiger partial charge in [-0.2, -0.15) is 0 Å². The number of pyridine rings is 1. The molecular weight excluding hydrogens is 389 g/mol. The Bertz CT molecular complexity index is 983. The van der Waals surface area contributed by atoms with E-state index in [1.165, 1.54) is 6.92 Å². The fourth-order valence-electron chi connectivity index (χ4n) is 2.64. The number of benzene rings is 1. The molecule has 0 saturated carbocycles. The number of aromatic nitrogens is 1. The van der Waals surface area contributed by atoms with E-state index in [1.807, 2.05) is 0 Å². The summed E-state index contributed by atoms with van der Waals surface area (Å²) in [5.74, 6) is -9.01. The number of carbonyl (C=O) groups excluding carboxylic acids is 3. The first-order valence-corrected chi connectivity index (χ1v) is 8.00. The summed E-state index contributed by atoms with van der Waals surface area (Å²) in [5.41, 5.74) is -0.946. The molecule has 1 aromatic heterocycles. The molecule has 0 saturated heterocycles. The normalized spacial score (nSPS) is 16.3. The first-order chi connectivity index (χ1) is 12.8. The molecule has 1 aliphatic rings. The molecule has 0 fully saturated rings. The van der Waals surface area contributed by atoms with Crippen LogP contribution in [0.5, 0.6) is 0 Å². The van der Waals surface area contributed by atoms with Crippen LogP contribution < -0.4 is 4.90 Å². The minimum Gasteiger partial charge on any atom is -0.465 e. The van der Waals surface area contributed by atoms with Gasteiger partial charge in [-0.25, -0.2) is 18.2 Å². The quantitative estimate of drug-likeness (QED) is 0.451. The van der Waals surface area contributed by atoms with Crippen LogP contribution in [0, 0.1) is 23.4 Å². The first kappa shape index (κ1) is 18.8. The molecule has 0 bridgehead atoms. The van der Waals surface area contributed by atoms with E-state index in [0.717, 1.165) is 12.1 Å². The van der Waals surface area contributed by atoms with Crippen molar-refractivity contribution >= 4 is 40.8 Å². The van der Waals surface area contributed by atoms with Crippen LogP contribution in [0.4, 0.5) is 24.7 Å². The van der Waals surface area contributed by atoms with Crippen LogP contribution in [0.2, 0.25) is 5.15 Å². The van der Waals surface area contributed by atoms with Crippen molar-refractivity contribution in [1.29, 1.82) is 0 Å². The van der Waals surface area contributed by atoms with E-state index in [0.29, 0.717) is 17.0 Å². The number of amides is 1. The number of fused-ring (bicyclic) bond motifs is 1. The molecule has 2 heterocycles. The number of ether oxygens (including phenoxy) is 1. The lowest BCUT2D eigenvalue weighted by molar-refractivity contribution is -0.149. The molecule has 10 heteroatoms. The summed E-state index contributed by atoms with van der Waals surface area (Å²) in [6.07, 6.45) is 0. The number of ketones is 1. The van der Waals surface area contributed by atoms with E-state index in [4.69, 9.17) is 16.3 Å². The van der Waals surface area contributed by atoms with Crippen molar-refractivity contribution in [3.05, 3.63) is 52.4 Å². The molecule has 27 heavy (non-hydrogen) atoms. The van der Waals surface area contributed by atoms with E-state index in [1.54, 1.807) is 0 Å². The second-order valence-electron chi connectivity index (χ2n) is 5.45. The van der Waals surface area contributed by atoms with E-state index in [-0.39, 0.29) is 6.61 Å². The lowest BCUT2D eigenvalue weighted by Gasteiger charge is -2.31. The number of anilines is 2. The van der Waals surface area contributed by atoms with E-state index < -0.39 is 63.3 Å². The van der Waals surface area contributed by atoms with Crippen molar-refractivity contribution in [3.63, 3.8) is 0 Å². The zero-order valence-electron chi connectivity index (χ0n) is 13.6. The fraction of sp³-hybridized carbons (Fsp3) is 0.176. The van der Waals surface area contributed by atoms with Gasteiger partial charge in [0.2, 0.25) is 0 Å². The van der Waals surface area contributed by atoms with Gasteiger partial charge in [0.15, 0.2) is 28.5 Å². The molecule has 6 nitrogen and oxygen atoms in total. The molecule has 1 unspecified atom stereocenters. The second kappa shape index (κ2) is 6.99. The molecule has 0 aliphatic carbocycles. The summed E-state index contributed by atoms with van der Waals surface area (Å²) in [6.45, 7) is 1.34. The highest BCUT2D eigenvalue weighted by molar-refractivity contribution is 6.33. The summed E-state index contributed by atoms with van der Waals surface area (Å²) in [4.78, 5) is 41.7. The van der Waals surface area contributed by atoms with Crippen LogP contribution in [-0.4, -0.2) is 29.3 Å². The van der Waals surface area contributed by atoms with Crippen LogP contribution in [0.1, 0.15) is 17.3 Å². The number of Topliss-reactive ketones (excluding diaryl/α,β-unsaturated/α-hetero) is 1. The number of carbonyl (C=O) groups is 3. The fourth-order valence-corrected chi connectivity index (χ4v) is 2.77. The van der Waals surface area contributed by atoms with Gasteiger partial charge in [-0.3, -0.25) is 19.3 Å². The van der Waals surface area contributed by atoms with E-state index >= 15 is 0 Å². The van der Waals surface area contributed by atoms with Crippen molar-refractivity contribution in [2.45, 2.75) is 6.92 Å². The summed E-state index contributed by atoms with van der Waals surface area (Å²) in [6, 6.07) is 2.99. The molecule has 2 aromatic rings. The topological polar surface area (TPSA) is 76.6 Å². The SMILES string of the molecule is CCOC(=O)C1C(=O)c2cc(F)c(Cl)nc2N(c2ccc(F)cc2F)C1=O. The Balaban J connectivity index is 2.26. The van der Waals surface area contributed by atoms with Gasteiger partial charge < -0.3 is 4.74 Å².